The first-order valence-electron chi connectivity index (χ1n) is 35.2. The van der Waals surface area contributed by atoms with Crippen LogP contribution in [0.3, 0.4) is 0 Å². The number of pyridine rings is 4. The van der Waals surface area contributed by atoms with Crippen LogP contribution in [-0.4, -0.2) is 134 Å². The number of imidazole rings is 4. The van der Waals surface area contributed by atoms with Gasteiger partial charge < -0.3 is 48.1 Å². The van der Waals surface area contributed by atoms with Crippen molar-refractivity contribution >= 4 is 0 Å². The third-order valence-corrected chi connectivity index (χ3v) is 22.6. The SMILES string of the molecule is COc1ccc2c(n1)C(CC(C)C1CCC(F)(F)CC1)n1cncc1-2.COc1ccc2c(n1)C(CC(N)C1CCC(F)(F)CC1)n1cncc1-2.COc1ccc2c(n1)C(CC(N=[N+]=[N-])C1CCC(F)(F)CC1)n1cncc1-2.COc1ccc2c(n1)C(CC(O)C1CCC(F)(F)CC1)n1cncc1-2. The molecule has 4 aliphatic heterocycles. The van der Waals surface area contributed by atoms with E-state index in [-0.39, 0.29) is 105 Å². The summed E-state index contributed by atoms with van der Waals surface area (Å²) in [6.45, 7) is 2.18. The number of nitrogens with two attached hydrogens (primary N) is 1. The zero-order valence-electron chi connectivity index (χ0n) is 57.7. The van der Waals surface area contributed by atoms with Crippen molar-refractivity contribution in [1.29, 1.82) is 0 Å². The topological polar surface area (TPSA) is 255 Å². The van der Waals surface area contributed by atoms with Gasteiger partial charge in [-0.2, -0.15) is 0 Å². The summed E-state index contributed by atoms with van der Waals surface area (Å²) in [7, 11) is 6.34. The molecular weight excluding hydrogens is 1330 g/mol. The number of azide groups is 1. The fourth-order valence-corrected chi connectivity index (χ4v) is 16.7. The van der Waals surface area contributed by atoms with Crippen molar-refractivity contribution in [2.75, 3.05) is 28.4 Å². The molecule has 102 heavy (non-hydrogen) atoms. The average Bonchev–Trinajstić information content (AvgIpc) is 1.62. The molecule has 12 heterocycles. The Kier molecular flexibility index (Phi) is 20.8. The van der Waals surface area contributed by atoms with Gasteiger partial charge in [0.15, 0.2) is 0 Å². The fraction of sp³-hybridized carbons (Fsp3) is 0.562. The van der Waals surface area contributed by atoms with Crippen molar-refractivity contribution in [3.63, 3.8) is 0 Å². The number of nitrogens with zero attached hydrogens (tertiary/aromatic N) is 15. The predicted octanol–water partition coefficient (Wildman–Crippen LogP) is 16.3. The van der Waals surface area contributed by atoms with E-state index >= 15 is 0 Å². The van der Waals surface area contributed by atoms with Gasteiger partial charge in [-0.25, -0.2) is 75.0 Å². The third-order valence-electron chi connectivity index (χ3n) is 22.6. The summed E-state index contributed by atoms with van der Waals surface area (Å²) in [5.41, 5.74) is 27.1. The first kappa shape index (κ1) is 71.7. The van der Waals surface area contributed by atoms with Gasteiger partial charge in [-0.05, 0) is 130 Å². The predicted molar refractivity (Wildman–Crippen MR) is 363 cm³/mol. The zero-order chi connectivity index (χ0) is 71.8. The van der Waals surface area contributed by atoms with E-state index in [0.29, 0.717) is 106 Å². The number of fused-ring (bicyclic) bond motifs is 12. The van der Waals surface area contributed by atoms with Crippen molar-refractivity contribution in [2.24, 2.45) is 40.4 Å². The molecule has 8 aromatic rings. The minimum absolute atomic E-state index is 0.0195. The number of rotatable bonds is 17. The number of methoxy groups -OCH3 is 4. The highest BCUT2D eigenvalue weighted by Crippen LogP contribution is 2.51. The highest BCUT2D eigenvalue weighted by Gasteiger charge is 2.45. The number of aromatic nitrogens is 12. The van der Waals surface area contributed by atoms with Gasteiger partial charge in [0.2, 0.25) is 47.2 Å². The summed E-state index contributed by atoms with van der Waals surface area (Å²) < 4.78 is 137. The van der Waals surface area contributed by atoms with Crippen molar-refractivity contribution < 1.29 is 59.2 Å². The van der Waals surface area contributed by atoms with Crippen LogP contribution >= 0.6 is 0 Å². The summed E-state index contributed by atoms with van der Waals surface area (Å²) in [5, 5.41) is 14.7. The molecule has 8 atom stereocenters. The molecule has 0 amide bonds. The Morgan fingerprint density at radius 3 is 1.08 bits per heavy atom. The smallest absolute Gasteiger partial charge is 0.248 e. The van der Waals surface area contributed by atoms with Gasteiger partial charge in [-0.1, -0.05) is 12.0 Å². The first-order chi connectivity index (χ1) is 49.0. The maximum Gasteiger partial charge on any atom is 0.248 e. The molecule has 29 heteroatoms. The van der Waals surface area contributed by atoms with Gasteiger partial charge >= 0.3 is 0 Å². The van der Waals surface area contributed by atoms with Crippen molar-refractivity contribution in [3.8, 4) is 68.5 Å². The quantitative estimate of drug-likeness (QED) is 0.0372. The second kappa shape index (κ2) is 29.6. The Labute approximate surface area is 585 Å². The van der Waals surface area contributed by atoms with Crippen LogP contribution in [0.5, 0.6) is 23.5 Å². The van der Waals surface area contributed by atoms with Crippen molar-refractivity contribution in [1.82, 2.24) is 58.1 Å². The molecule has 21 nitrogen and oxygen atoms in total. The lowest BCUT2D eigenvalue weighted by Crippen LogP contribution is -2.37. The molecule has 4 aliphatic carbocycles. The minimum atomic E-state index is -2.61. The van der Waals surface area contributed by atoms with Crippen molar-refractivity contribution in [2.45, 2.75) is 201 Å². The number of ether oxygens (including phenoxy) is 4. The molecule has 0 spiro atoms. The molecule has 8 aliphatic rings. The molecule has 0 aromatic carbocycles. The van der Waals surface area contributed by atoms with Crippen LogP contribution < -0.4 is 24.7 Å². The lowest BCUT2D eigenvalue weighted by molar-refractivity contribution is -0.0640. The van der Waals surface area contributed by atoms with Gasteiger partial charge in [0.05, 0.1) is 154 Å². The summed E-state index contributed by atoms with van der Waals surface area (Å²) in [4.78, 5) is 38.4. The minimum Gasteiger partial charge on any atom is -0.481 e. The maximum absolute atomic E-state index is 13.5. The molecular formula is C73H86F8N16O5. The number of hydrogen-bond acceptors (Lipinski definition) is 15. The fourth-order valence-electron chi connectivity index (χ4n) is 16.7. The third kappa shape index (κ3) is 15.1. The lowest BCUT2D eigenvalue weighted by atomic mass is 9.77. The van der Waals surface area contributed by atoms with Crippen molar-refractivity contribution in [3.05, 3.63) is 132 Å². The molecule has 0 radical (unpaired) electrons. The molecule has 544 valence electrons. The zero-order valence-corrected chi connectivity index (χ0v) is 57.7. The molecule has 0 bridgehead atoms. The Morgan fingerprint density at radius 1 is 0.451 bits per heavy atom. The lowest BCUT2D eigenvalue weighted by Gasteiger charge is -2.33. The van der Waals surface area contributed by atoms with E-state index in [9.17, 15) is 40.2 Å². The molecule has 3 N–H and O–H groups in total. The monoisotopic (exact) mass is 1420 g/mol. The second-order valence-corrected chi connectivity index (χ2v) is 28.7. The van der Waals surface area contributed by atoms with Gasteiger partial charge in [0.25, 0.3) is 0 Å². The summed E-state index contributed by atoms with van der Waals surface area (Å²) in [6, 6.07) is 14.5. The van der Waals surface area contributed by atoms with Crippen LogP contribution in [0, 0.1) is 29.6 Å². The van der Waals surface area contributed by atoms with Crippen LogP contribution in [0.15, 0.2) is 104 Å². The average molecular weight is 1420 g/mol. The highest BCUT2D eigenvalue weighted by atomic mass is 19.3. The highest BCUT2D eigenvalue weighted by molar-refractivity contribution is 5.70. The molecule has 4 fully saturated rings. The van der Waals surface area contributed by atoms with Gasteiger partial charge in [0, 0.05) is 121 Å². The van der Waals surface area contributed by atoms with Gasteiger partial charge in [-0.15, -0.1) is 0 Å². The number of alkyl halides is 8. The van der Waals surface area contributed by atoms with Gasteiger partial charge in [0.1, 0.15) is 0 Å². The molecule has 8 aromatic heterocycles. The summed E-state index contributed by atoms with van der Waals surface area (Å²) in [6.07, 6.45) is 19.1. The van der Waals surface area contributed by atoms with Crippen LogP contribution in [-0.2, 0) is 0 Å². The molecule has 0 saturated heterocycles. The van der Waals surface area contributed by atoms with E-state index in [4.69, 9.17) is 30.2 Å². The van der Waals surface area contributed by atoms with E-state index in [2.05, 4.69) is 66.0 Å². The Hall–Kier alpha value is -8.69. The molecule has 16 rings (SSSR count). The van der Waals surface area contributed by atoms with E-state index in [1.165, 1.54) is 0 Å². The standard InChI is InChI=1S/C19H23F2N3O.C18H20F2N6O.C18H22F2N4O.C18H21F2N3O2/c1-12(13-5-7-19(20,21)8-6-13)9-15-18-14(3-4-17(23-18)25-2)16-10-22-11-24(15)16;1-27-16-3-2-12-15-9-22-10-26(15)14(17(12)23-16)8-13(24-25-21)11-4-6-18(19,20)7-5-11;1-25-16-3-2-12-15-9-22-10-24(15)14(17(12)23-16)8-13(21)11-4-6-18(19,20)7-5-11;1-25-16-3-2-12-14-9-21-10-23(14)13(17(12)22-16)8-15(24)11-4-6-18(19,20)7-5-11/h3-4,10-13,15H,5-9H2,1-2H3;2-3,9-11,13-14H,4-8H2,1H3;2-3,9-11,13-14H,4-8,21H2,1H3;2-3,9-11,13,15,24H,4-8H2,1H3. The van der Waals surface area contributed by atoms with Crippen LogP contribution in [0.1, 0.15) is 182 Å². The number of aliphatic hydroxyl groups is 1. The number of hydrogen-bond donors (Lipinski definition) is 2. The van der Waals surface area contributed by atoms with Gasteiger partial charge in [-0.3, -0.25) is 0 Å². The Morgan fingerprint density at radius 2 is 0.745 bits per heavy atom. The van der Waals surface area contributed by atoms with E-state index in [0.717, 1.165) is 74.2 Å². The largest absolute Gasteiger partial charge is 0.481 e. The molecule has 4 saturated carbocycles. The Balaban J connectivity index is 0.000000121. The normalized spacial score (nSPS) is 22.8. The molecule has 8 unspecified atom stereocenters. The number of halogens is 8. The summed E-state index contributed by atoms with van der Waals surface area (Å²) in [5.74, 6) is -7.30. The maximum atomic E-state index is 13.5. The van der Waals surface area contributed by atoms with E-state index in [1.807, 2.05) is 64.3 Å². The summed E-state index contributed by atoms with van der Waals surface area (Å²) >= 11 is 0. The van der Waals surface area contributed by atoms with Crippen LogP contribution in [0.25, 0.3) is 55.5 Å². The van der Waals surface area contributed by atoms with Crippen LogP contribution in [0.2, 0.25) is 0 Å². The van der Waals surface area contributed by atoms with Crippen LogP contribution in [0.4, 0.5) is 35.1 Å². The Bertz CT molecular complexity index is 3940. The number of aliphatic hydroxyl groups excluding tert-OH is 1. The van der Waals surface area contributed by atoms with E-state index in [1.54, 1.807) is 71.9 Å². The second-order valence-electron chi connectivity index (χ2n) is 28.7. The van der Waals surface area contributed by atoms with E-state index < -0.39 is 29.8 Å². The first-order valence-corrected chi connectivity index (χ1v) is 35.2.